The summed E-state index contributed by atoms with van der Waals surface area (Å²) in [6, 6.07) is 0. The molecular weight excluding hydrogens is 1040 g/mol. The number of allylic oxidation sites excluding steroid dienone is 8. The maximum atomic E-state index is 12.8. The average molecular weight is 1170 g/mol. The maximum Gasteiger partial charge on any atom is 0.306 e. The maximum absolute atomic E-state index is 12.8. The van der Waals surface area contributed by atoms with Gasteiger partial charge in [0.25, 0.3) is 7.82 Å². The first-order valence-corrected chi connectivity index (χ1v) is 36.8. The number of phosphoric ester groups is 1. The van der Waals surface area contributed by atoms with Crippen molar-refractivity contribution in [3.63, 3.8) is 0 Å². The molecule has 0 aromatic rings. The fourth-order valence-corrected chi connectivity index (χ4v) is 11.2. The molecule has 0 saturated heterocycles. The number of nitrogens with zero attached hydrogens (tertiary/aromatic N) is 1. The summed E-state index contributed by atoms with van der Waals surface area (Å²) in [5.74, 6) is -0.823. The first kappa shape index (κ1) is 80.0. The Morgan fingerprint density at radius 1 is 0.390 bits per heavy atom. The SMILES string of the molecule is CC/C=C\C/C=C\C/C=C\C/C=C\CCCCCCCCCCCCC(=O)OC(COC(=O)CCCCCCCCCCCCCCCCCCCCCCCCCCCCCCCCCCCCC)COP(=O)([O-])OCC[N+](C)(C)C. The van der Waals surface area contributed by atoms with Gasteiger partial charge in [-0.15, -0.1) is 0 Å². The topological polar surface area (TPSA) is 111 Å². The highest BCUT2D eigenvalue weighted by atomic mass is 31.2. The van der Waals surface area contributed by atoms with Crippen molar-refractivity contribution < 1.29 is 42.1 Å². The van der Waals surface area contributed by atoms with Crippen molar-refractivity contribution in [2.24, 2.45) is 0 Å². The van der Waals surface area contributed by atoms with Crippen molar-refractivity contribution >= 4 is 19.8 Å². The van der Waals surface area contributed by atoms with Crippen LogP contribution >= 0.6 is 7.82 Å². The van der Waals surface area contributed by atoms with Crippen LogP contribution in [0.2, 0.25) is 0 Å². The molecule has 0 bridgehead atoms. The fraction of sp³-hybridized carbons (Fsp3) is 0.861. The Labute approximate surface area is 509 Å². The molecule has 0 spiro atoms. The highest BCUT2D eigenvalue weighted by Gasteiger charge is 2.22. The molecule has 0 aromatic heterocycles. The zero-order valence-corrected chi connectivity index (χ0v) is 55.8. The minimum Gasteiger partial charge on any atom is -0.756 e. The second-order valence-corrected chi connectivity index (χ2v) is 26.6. The minimum atomic E-state index is -4.64. The molecule has 0 aliphatic heterocycles. The predicted octanol–water partition coefficient (Wildman–Crippen LogP) is 22.2. The number of carbonyl (C=O) groups excluding carboxylic acids is 2. The molecule has 0 aliphatic carbocycles. The van der Waals surface area contributed by atoms with Gasteiger partial charge in [0, 0.05) is 12.8 Å². The largest absolute Gasteiger partial charge is 0.756 e. The van der Waals surface area contributed by atoms with Crippen molar-refractivity contribution in [3.05, 3.63) is 48.6 Å². The van der Waals surface area contributed by atoms with E-state index in [9.17, 15) is 19.0 Å². The number of carbonyl (C=O) groups is 2. The third kappa shape index (κ3) is 67.1. The van der Waals surface area contributed by atoms with E-state index in [4.69, 9.17) is 18.5 Å². The van der Waals surface area contributed by atoms with E-state index < -0.39 is 26.5 Å². The van der Waals surface area contributed by atoms with Crippen LogP contribution in [-0.4, -0.2) is 70.0 Å². The van der Waals surface area contributed by atoms with Crippen LogP contribution in [0.15, 0.2) is 48.6 Å². The molecule has 0 rings (SSSR count). The Morgan fingerprint density at radius 3 is 1.04 bits per heavy atom. The van der Waals surface area contributed by atoms with Crippen LogP contribution in [0.5, 0.6) is 0 Å². The van der Waals surface area contributed by atoms with Crippen molar-refractivity contribution in [2.75, 3.05) is 47.5 Å². The summed E-state index contributed by atoms with van der Waals surface area (Å²) in [4.78, 5) is 38.0. The normalized spacial score (nSPS) is 13.4. The van der Waals surface area contributed by atoms with Gasteiger partial charge in [-0.05, 0) is 51.4 Å². The second-order valence-electron chi connectivity index (χ2n) is 25.2. The quantitative estimate of drug-likeness (QED) is 0.0195. The number of unbranched alkanes of at least 4 members (excludes halogenated alkanes) is 44. The van der Waals surface area contributed by atoms with E-state index in [1.165, 1.54) is 244 Å². The van der Waals surface area contributed by atoms with Crippen LogP contribution < -0.4 is 4.89 Å². The molecule has 82 heavy (non-hydrogen) atoms. The molecular formula is C72H136NO8P. The first-order valence-electron chi connectivity index (χ1n) is 35.3. The third-order valence-electron chi connectivity index (χ3n) is 15.9. The molecule has 0 fully saturated rings. The van der Waals surface area contributed by atoms with Gasteiger partial charge in [0.2, 0.25) is 0 Å². The number of hydrogen-bond donors (Lipinski definition) is 0. The van der Waals surface area contributed by atoms with Gasteiger partial charge in [0.05, 0.1) is 27.7 Å². The second kappa shape index (κ2) is 63.5. The molecule has 0 aromatic carbocycles. The van der Waals surface area contributed by atoms with Gasteiger partial charge in [0.1, 0.15) is 19.8 Å². The minimum absolute atomic E-state index is 0.0310. The smallest absolute Gasteiger partial charge is 0.306 e. The van der Waals surface area contributed by atoms with Crippen LogP contribution in [0, 0.1) is 0 Å². The van der Waals surface area contributed by atoms with E-state index in [0.29, 0.717) is 17.4 Å². The van der Waals surface area contributed by atoms with E-state index in [1.807, 2.05) is 21.1 Å². The molecule has 10 heteroatoms. The fourth-order valence-electron chi connectivity index (χ4n) is 10.5. The van der Waals surface area contributed by atoms with Crippen LogP contribution in [0.1, 0.15) is 348 Å². The van der Waals surface area contributed by atoms with E-state index in [-0.39, 0.29) is 32.0 Å². The molecule has 482 valence electrons. The molecule has 9 nitrogen and oxygen atoms in total. The molecule has 0 radical (unpaired) electrons. The Morgan fingerprint density at radius 2 is 0.695 bits per heavy atom. The summed E-state index contributed by atoms with van der Waals surface area (Å²) in [6.07, 6.45) is 82.1. The third-order valence-corrected chi connectivity index (χ3v) is 16.8. The highest BCUT2D eigenvalue weighted by molar-refractivity contribution is 7.45. The van der Waals surface area contributed by atoms with E-state index in [2.05, 4.69) is 62.5 Å². The standard InChI is InChI=1S/C72H136NO8P/c1-6-8-10-12-14-16-18-20-22-24-26-28-30-31-32-33-34-35-36-37-38-39-40-41-43-44-46-48-50-52-54-56-58-60-62-64-71(74)78-68-70(69-80-82(76,77)79-67-66-73(3,4)5)81-72(75)65-63-61-59-57-55-53-51-49-47-45-42-29-27-25-23-21-19-17-15-13-11-9-7-2/h9,11,15,17,21,23,27,29,70H,6-8,10,12-14,16,18-20,22,24-26,28,30-69H2,1-5H3/b11-9-,17-15-,23-21-,29-27-. The van der Waals surface area contributed by atoms with Crippen molar-refractivity contribution in [1.29, 1.82) is 0 Å². The number of esters is 2. The molecule has 0 saturated carbocycles. The number of phosphoric acid groups is 1. The highest BCUT2D eigenvalue weighted by Crippen LogP contribution is 2.38. The number of likely N-dealkylation sites (N-methyl/N-ethyl adjacent to an activating group) is 1. The van der Waals surface area contributed by atoms with Gasteiger partial charge in [-0.1, -0.05) is 332 Å². The summed E-state index contributed by atoms with van der Waals surface area (Å²) in [5.41, 5.74) is 0. The molecule has 0 heterocycles. The Balaban J connectivity index is 3.95. The molecule has 0 amide bonds. The van der Waals surface area contributed by atoms with Gasteiger partial charge < -0.3 is 27.9 Å². The summed E-state index contributed by atoms with van der Waals surface area (Å²) in [6.45, 7) is 4.18. The van der Waals surface area contributed by atoms with Crippen molar-refractivity contribution in [2.45, 2.75) is 354 Å². The van der Waals surface area contributed by atoms with Crippen LogP contribution in [0.4, 0.5) is 0 Å². The van der Waals surface area contributed by atoms with E-state index in [1.54, 1.807) is 0 Å². The number of quaternary nitrogens is 1. The molecule has 2 atom stereocenters. The monoisotopic (exact) mass is 1170 g/mol. The molecule has 0 aliphatic rings. The van der Waals surface area contributed by atoms with Crippen molar-refractivity contribution in [3.8, 4) is 0 Å². The Kier molecular flexibility index (Phi) is 61.9. The lowest BCUT2D eigenvalue weighted by molar-refractivity contribution is -0.870. The zero-order valence-electron chi connectivity index (χ0n) is 55.0. The zero-order chi connectivity index (χ0) is 59.8. The van der Waals surface area contributed by atoms with E-state index in [0.717, 1.165) is 70.6 Å². The lowest BCUT2D eigenvalue weighted by Crippen LogP contribution is -2.37. The summed E-state index contributed by atoms with van der Waals surface area (Å²) in [5, 5.41) is 0. The van der Waals surface area contributed by atoms with Gasteiger partial charge in [-0.3, -0.25) is 14.2 Å². The van der Waals surface area contributed by atoms with Gasteiger partial charge in [-0.2, -0.15) is 0 Å². The van der Waals surface area contributed by atoms with Gasteiger partial charge >= 0.3 is 11.9 Å². The molecule has 2 unspecified atom stereocenters. The number of hydrogen-bond acceptors (Lipinski definition) is 8. The van der Waals surface area contributed by atoms with Gasteiger partial charge in [0.15, 0.2) is 6.10 Å². The summed E-state index contributed by atoms with van der Waals surface area (Å²) >= 11 is 0. The Bertz CT molecular complexity index is 1520. The van der Waals surface area contributed by atoms with Crippen molar-refractivity contribution in [1.82, 2.24) is 0 Å². The van der Waals surface area contributed by atoms with Crippen LogP contribution in [0.25, 0.3) is 0 Å². The number of ether oxygens (including phenoxy) is 2. The number of rotatable bonds is 66. The first-order chi connectivity index (χ1) is 40.0. The lowest BCUT2D eigenvalue weighted by atomic mass is 10.0. The summed E-state index contributed by atoms with van der Waals surface area (Å²) < 4.78 is 34.3. The van der Waals surface area contributed by atoms with E-state index >= 15 is 0 Å². The summed E-state index contributed by atoms with van der Waals surface area (Å²) in [7, 11) is 1.17. The van der Waals surface area contributed by atoms with Crippen LogP contribution in [0.3, 0.4) is 0 Å². The predicted molar refractivity (Wildman–Crippen MR) is 351 cm³/mol. The average Bonchev–Trinajstić information content (AvgIpc) is 3.46. The van der Waals surface area contributed by atoms with Crippen LogP contribution in [-0.2, 0) is 32.7 Å². The Hall–Kier alpha value is -2.03. The molecule has 0 N–H and O–H groups in total. The lowest BCUT2D eigenvalue weighted by Gasteiger charge is -2.28. The van der Waals surface area contributed by atoms with Gasteiger partial charge in [-0.25, -0.2) is 0 Å².